The van der Waals surface area contributed by atoms with Gasteiger partial charge in [0.05, 0.1) is 5.69 Å². The Labute approximate surface area is 143 Å². The van der Waals surface area contributed by atoms with Gasteiger partial charge in [-0.25, -0.2) is 4.98 Å². The summed E-state index contributed by atoms with van der Waals surface area (Å²) in [5.41, 5.74) is 0.936. The number of amides is 1. The quantitative estimate of drug-likeness (QED) is 0.767. The third-order valence-electron chi connectivity index (χ3n) is 4.46. The standard InChI is InChI=1S/C17H18N6O2/c24-14(19-12-6-4-5-7-12)10-22-11-18-16-15(17(22)25)20-21-23(16)13-8-2-1-3-9-13/h1-3,8-9,11-12H,4-7,10H2,(H,19,24). The molecule has 0 atom stereocenters. The molecule has 1 aliphatic rings. The van der Waals surface area contributed by atoms with Crippen molar-refractivity contribution in [3.05, 3.63) is 47.0 Å². The minimum atomic E-state index is -0.367. The zero-order valence-electron chi connectivity index (χ0n) is 13.6. The van der Waals surface area contributed by atoms with Crippen LogP contribution in [0.25, 0.3) is 16.9 Å². The number of nitrogens with one attached hydrogen (secondary N) is 1. The van der Waals surface area contributed by atoms with Crippen LogP contribution in [0.3, 0.4) is 0 Å². The van der Waals surface area contributed by atoms with Crippen molar-refractivity contribution in [1.29, 1.82) is 0 Å². The minimum absolute atomic E-state index is 0.0591. The first-order valence-corrected chi connectivity index (χ1v) is 8.38. The molecule has 1 fully saturated rings. The van der Waals surface area contributed by atoms with E-state index in [9.17, 15) is 9.59 Å². The van der Waals surface area contributed by atoms with E-state index < -0.39 is 0 Å². The summed E-state index contributed by atoms with van der Waals surface area (Å²) in [4.78, 5) is 29.0. The van der Waals surface area contributed by atoms with Gasteiger partial charge in [0.2, 0.25) is 5.91 Å². The van der Waals surface area contributed by atoms with Crippen LogP contribution in [0.5, 0.6) is 0 Å². The first-order valence-electron chi connectivity index (χ1n) is 8.38. The maximum Gasteiger partial charge on any atom is 0.284 e. The van der Waals surface area contributed by atoms with Gasteiger partial charge in [0, 0.05) is 6.04 Å². The van der Waals surface area contributed by atoms with Gasteiger partial charge >= 0.3 is 0 Å². The summed E-state index contributed by atoms with van der Waals surface area (Å²) < 4.78 is 2.79. The van der Waals surface area contributed by atoms with Crippen LogP contribution in [-0.4, -0.2) is 36.5 Å². The van der Waals surface area contributed by atoms with Gasteiger partial charge in [-0.3, -0.25) is 14.2 Å². The molecule has 1 aromatic carbocycles. The fraction of sp³-hybridized carbons (Fsp3) is 0.353. The maximum absolute atomic E-state index is 12.6. The third-order valence-corrected chi connectivity index (χ3v) is 4.46. The average molecular weight is 338 g/mol. The van der Waals surface area contributed by atoms with Gasteiger partial charge in [-0.15, -0.1) is 5.10 Å². The predicted molar refractivity (Wildman–Crippen MR) is 91.3 cm³/mol. The number of hydrogen-bond donors (Lipinski definition) is 1. The summed E-state index contributed by atoms with van der Waals surface area (Å²) in [6, 6.07) is 9.58. The number of aromatic nitrogens is 5. The topological polar surface area (TPSA) is 94.7 Å². The van der Waals surface area contributed by atoms with E-state index in [-0.39, 0.29) is 29.6 Å². The SMILES string of the molecule is O=C(Cn1cnc2c(nnn2-c2ccccc2)c1=O)NC1CCCC1. The Kier molecular flexibility index (Phi) is 4.01. The molecule has 3 aromatic rings. The lowest BCUT2D eigenvalue weighted by Crippen LogP contribution is -2.37. The van der Waals surface area contributed by atoms with Crippen molar-refractivity contribution in [3.8, 4) is 5.69 Å². The lowest BCUT2D eigenvalue weighted by Gasteiger charge is -2.12. The third kappa shape index (κ3) is 3.02. The molecule has 0 aliphatic heterocycles. The normalized spacial score (nSPS) is 14.9. The van der Waals surface area contributed by atoms with E-state index in [1.54, 1.807) is 0 Å². The Morgan fingerprint density at radius 3 is 2.72 bits per heavy atom. The van der Waals surface area contributed by atoms with Gasteiger partial charge in [-0.1, -0.05) is 36.3 Å². The molecule has 1 amide bonds. The van der Waals surface area contributed by atoms with Crippen molar-refractivity contribution in [2.45, 2.75) is 38.3 Å². The van der Waals surface area contributed by atoms with Crippen LogP contribution in [0.15, 0.2) is 41.5 Å². The van der Waals surface area contributed by atoms with Crippen molar-refractivity contribution in [1.82, 2.24) is 29.9 Å². The zero-order valence-corrected chi connectivity index (χ0v) is 13.6. The monoisotopic (exact) mass is 338 g/mol. The van der Waals surface area contributed by atoms with Crippen LogP contribution in [0.2, 0.25) is 0 Å². The van der Waals surface area contributed by atoms with Crippen LogP contribution < -0.4 is 10.9 Å². The van der Waals surface area contributed by atoms with Crippen LogP contribution in [0.1, 0.15) is 25.7 Å². The predicted octanol–water partition coefficient (Wildman–Crippen LogP) is 1.04. The maximum atomic E-state index is 12.6. The van der Waals surface area contributed by atoms with Gasteiger partial charge in [-0.2, -0.15) is 4.68 Å². The molecule has 0 unspecified atom stereocenters. The number of carbonyl (C=O) groups excluding carboxylic acids is 1. The highest BCUT2D eigenvalue weighted by atomic mass is 16.2. The smallest absolute Gasteiger partial charge is 0.284 e. The van der Waals surface area contributed by atoms with Crippen LogP contribution in [0, 0.1) is 0 Å². The molecule has 1 aliphatic carbocycles. The molecule has 25 heavy (non-hydrogen) atoms. The fourth-order valence-corrected chi connectivity index (χ4v) is 3.20. The van der Waals surface area contributed by atoms with E-state index in [1.807, 2.05) is 30.3 Å². The number of nitrogens with zero attached hydrogens (tertiary/aromatic N) is 5. The molecule has 8 nitrogen and oxygen atoms in total. The van der Waals surface area contributed by atoms with E-state index >= 15 is 0 Å². The summed E-state index contributed by atoms with van der Waals surface area (Å²) in [5, 5.41) is 10.9. The van der Waals surface area contributed by atoms with Gasteiger partial charge < -0.3 is 5.32 Å². The molecule has 0 spiro atoms. The highest BCUT2D eigenvalue weighted by Crippen LogP contribution is 2.17. The molecule has 128 valence electrons. The van der Waals surface area contributed by atoms with Gasteiger partial charge in [0.15, 0.2) is 11.2 Å². The van der Waals surface area contributed by atoms with Gasteiger partial charge in [-0.05, 0) is 25.0 Å². The molecule has 4 rings (SSSR count). The zero-order chi connectivity index (χ0) is 17.2. The molecule has 0 saturated heterocycles. The van der Waals surface area contributed by atoms with E-state index in [0.29, 0.717) is 5.65 Å². The number of para-hydroxylation sites is 1. The second kappa shape index (κ2) is 6.46. The highest BCUT2D eigenvalue weighted by Gasteiger charge is 2.19. The van der Waals surface area contributed by atoms with Crippen LogP contribution in [0.4, 0.5) is 0 Å². The number of benzene rings is 1. The van der Waals surface area contributed by atoms with Crippen LogP contribution >= 0.6 is 0 Å². The Hall–Kier alpha value is -3.03. The van der Waals surface area contributed by atoms with Crippen molar-refractivity contribution < 1.29 is 4.79 Å². The Balaban J connectivity index is 1.60. The van der Waals surface area contributed by atoms with Gasteiger partial charge in [0.25, 0.3) is 5.56 Å². The molecule has 0 radical (unpaired) electrons. The Morgan fingerprint density at radius 1 is 1.20 bits per heavy atom. The van der Waals surface area contributed by atoms with Crippen LogP contribution in [-0.2, 0) is 11.3 Å². The van der Waals surface area contributed by atoms with Crippen molar-refractivity contribution >= 4 is 17.1 Å². The van der Waals surface area contributed by atoms with Crippen molar-refractivity contribution in [2.24, 2.45) is 0 Å². The first-order chi connectivity index (χ1) is 12.2. The molecular formula is C17H18N6O2. The van der Waals surface area contributed by atoms with E-state index in [4.69, 9.17) is 0 Å². The molecular weight excluding hydrogens is 320 g/mol. The van der Waals surface area contributed by atoms with E-state index in [2.05, 4.69) is 20.6 Å². The molecule has 2 heterocycles. The average Bonchev–Trinajstić information content (AvgIpc) is 3.28. The fourth-order valence-electron chi connectivity index (χ4n) is 3.20. The Morgan fingerprint density at radius 2 is 1.96 bits per heavy atom. The lowest BCUT2D eigenvalue weighted by atomic mass is 10.2. The van der Waals surface area contributed by atoms with E-state index in [1.165, 1.54) is 15.6 Å². The molecule has 1 N–H and O–H groups in total. The molecule has 8 heteroatoms. The summed E-state index contributed by atoms with van der Waals surface area (Å²) in [6.45, 7) is -0.0591. The first kappa shape index (κ1) is 15.5. The molecule has 0 bridgehead atoms. The van der Waals surface area contributed by atoms with Crippen molar-refractivity contribution in [2.75, 3.05) is 0 Å². The minimum Gasteiger partial charge on any atom is -0.352 e. The second-order valence-corrected chi connectivity index (χ2v) is 6.24. The van der Waals surface area contributed by atoms with E-state index in [0.717, 1.165) is 31.4 Å². The Bertz CT molecular complexity index is 956. The lowest BCUT2D eigenvalue weighted by molar-refractivity contribution is -0.122. The highest BCUT2D eigenvalue weighted by molar-refractivity contribution is 5.77. The molecule has 2 aromatic heterocycles. The number of hydrogen-bond acceptors (Lipinski definition) is 5. The summed E-state index contributed by atoms with van der Waals surface area (Å²) in [6.07, 6.45) is 5.66. The summed E-state index contributed by atoms with van der Waals surface area (Å²) in [5.74, 6) is -0.175. The van der Waals surface area contributed by atoms with Gasteiger partial charge in [0.1, 0.15) is 12.9 Å². The summed E-state index contributed by atoms with van der Waals surface area (Å²) in [7, 11) is 0. The summed E-state index contributed by atoms with van der Waals surface area (Å²) >= 11 is 0. The number of carbonyl (C=O) groups is 1. The molecule has 1 saturated carbocycles. The number of rotatable bonds is 4. The largest absolute Gasteiger partial charge is 0.352 e. The number of fused-ring (bicyclic) bond motifs is 1. The second-order valence-electron chi connectivity index (χ2n) is 6.24. The van der Waals surface area contributed by atoms with Crippen molar-refractivity contribution in [3.63, 3.8) is 0 Å².